The smallest absolute Gasteiger partial charge is 0.106 e. The van der Waals surface area contributed by atoms with Crippen molar-refractivity contribution in [1.82, 2.24) is 5.10 Å². The number of benzene rings is 1. The van der Waals surface area contributed by atoms with Crippen molar-refractivity contribution in [2.24, 2.45) is 0 Å². The van der Waals surface area contributed by atoms with Gasteiger partial charge >= 0.3 is 0 Å². The lowest BCUT2D eigenvalue weighted by Gasteiger charge is -1.93. The molecular formula is C9H9N2+. The van der Waals surface area contributed by atoms with Gasteiger partial charge in [-0.1, -0.05) is 18.2 Å². The standard InChI is InChI=1S/C9H8N2/c1-7-3-2-4-8-5-6-10-11-9(7)8/h2-6H,1H3/p+1. The average Bonchev–Trinajstić information content (AvgIpc) is 2.06. The van der Waals surface area contributed by atoms with E-state index in [1.54, 1.807) is 0 Å². The van der Waals surface area contributed by atoms with Gasteiger partial charge in [0.15, 0.2) is 6.20 Å². The third kappa shape index (κ3) is 0.963. The van der Waals surface area contributed by atoms with Crippen LogP contribution in [0.4, 0.5) is 0 Å². The Morgan fingerprint density at radius 1 is 1.27 bits per heavy atom. The lowest BCUT2D eigenvalue weighted by molar-refractivity contribution is -0.451. The lowest BCUT2D eigenvalue weighted by Crippen LogP contribution is -2.06. The normalized spacial score (nSPS) is 10.3. The van der Waals surface area contributed by atoms with Crippen molar-refractivity contribution < 1.29 is 5.10 Å². The lowest BCUT2D eigenvalue weighted by atomic mass is 10.1. The van der Waals surface area contributed by atoms with Crippen LogP contribution < -0.4 is 5.10 Å². The molecule has 0 bridgehead atoms. The number of nitrogens with one attached hydrogen (secondary N) is 1. The van der Waals surface area contributed by atoms with E-state index < -0.39 is 0 Å². The number of aromatic amines is 1. The fourth-order valence-corrected chi connectivity index (χ4v) is 1.20. The minimum absolute atomic E-state index is 1.05. The Hall–Kier alpha value is -1.44. The zero-order chi connectivity index (χ0) is 7.68. The molecule has 54 valence electrons. The molecule has 0 unspecified atom stereocenters. The highest BCUT2D eigenvalue weighted by atomic mass is 15.1. The first-order chi connectivity index (χ1) is 5.38. The molecule has 2 aromatic rings. The number of nitrogens with zero attached hydrogens (tertiary/aromatic N) is 1. The van der Waals surface area contributed by atoms with E-state index in [1.807, 2.05) is 18.3 Å². The summed E-state index contributed by atoms with van der Waals surface area (Å²) in [5.74, 6) is 0. The predicted molar refractivity (Wildman–Crippen MR) is 43.0 cm³/mol. The van der Waals surface area contributed by atoms with E-state index in [0.717, 1.165) is 5.52 Å². The van der Waals surface area contributed by atoms with Crippen molar-refractivity contribution in [3.63, 3.8) is 0 Å². The summed E-state index contributed by atoms with van der Waals surface area (Å²) in [5.41, 5.74) is 2.26. The Balaban J connectivity index is 2.91. The van der Waals surface area contributed by atoms with Crippen LogP contribution in [0.15, 0.2) is 30.5 Å². The van der Waals surface area contributed by atoms with Gasteiger partial charge in [-0.25, -0.2) is 0 Å². The molecule has 1 aromatic carbocycles. The summed E-state index contributed by atoms with van der Waals surface area (Å²) >= 11 is 0. The fraction of sp³-hybridized carbons (Fsp3) is 0.111. The SMILES string of the molecule is Cc1cccc2cc[nH+]nc12. The van der Waals surface area contributed by atoms with Gasteiger partial charge in [0, 0.05) is 11.5 Å². The number of aromatic nitrogens is 2. The largest absolute Gasteiger partial charge is 0.194 e. The summed E-state index contributed by atoms with van der Waals surface area (Å²) in [5, 5.41) is 8.17. The molecule has 2 nitrogen and oxygen atoms in total. The van der Waals surface area contributed by atoms with Crippen LogP contribution in [0.1, 0.15) is 5.56 Å². The third-order valence-electron chi connectivity index (χ3n) is 1.78. The molecule has 0 saturated heterocycles. The van der Waals surface area contributed by atoms with Crippen LogP contribution in [-0.4, -0.2) is 5.10 Å². The van der Waals surface area contributed by atoms with Gasteiger partial charge in [-0.3, -0.25) is 0 Å². The first kappa shape index (κ1) is 6.28. The molecule has 0 aliphatic rings. The van der Waals surface area contributed by atoms with E-state index in [-0.39, 0.29) is 0 Å². The summed E-state index contributed by atoms with van der Waals surface area (Å²) in [6.45, 7) is 2.06. The molecule has 2 heteroatoms. The highest BCUT2D eigenvalue weighted by molar-refractivity contribution is 5.80. The van der Waals surface area contributed by atoms with Gasteiger partial charge in [0.05, 0.1) is 0 Å². The monoisotopic (exact) mass is 145 g/mol. The molecule has 0 atom stereocenters. The Bertz CT molecular complexity index is 377. The maximum absolute atomic E-state index is 4.16. The molecule has 1 aromatic heterocycles. The number of rotatable bonds is 0. The molecule has 0 spiro atoms. The molecule has 1 heterocycles. The summed E-state index contributed by atoms with van der Waals surface area (Å²) in [4.78, 5) is 0. The van der Waals surface area contributed by atoms with Crippen LogP contribution in [0.3, 0.4) is 0 Å². The molecule has 1 N–H and O–H groups in total. The maximum atomic E-state index is 4.16. The van der Waals surface area contributed by atoms with Crippen molar-refractivity contribution in [3.05, 3.63) is 36.0 Å². The van der Waals surface area contributed by atoms with E-state index >= 15 is 0 Å². The van der Waals surface area contributed by atoms with Crippen molar-refractivity contribution in [2.75, 3.05) is 0 Å². The predicted octanol–water partition coefficient (Wildman–Crippen LogP) is 1.36. The first-order valence-electron chi connectivity index (χ1n) is 3.60. The second kappa shape index (κ2) is 2.31. The molecule has 0 aliphatic carbocycles. The van der Waals surface area contributed by atoms with Gasteiger partial charge in [-0.15, -0.1) is 5.10 Å². The molecule has 0 radical (unpaired) electrons. The molecule has 0 amide bonds. The van der Waals surface area contributed by atoms with Gasteiger partial charge < -0.3 is 0 Å². The second-order valence-corrected chi connectivity index (χ2v) is 2.59. The van der Waals surface area contributed by atoms with Gasteiger partial charge in [0.1, 0.15) is 5.52 Å². The van der Waals surface area contributed by atoms with Gasteiger partial charge in [0.2, 0.25) is 0 Å². The average molecular weight is 145 g/mol. The summed E-state index contributed by atoms with van der Waals surface area (Å²) in [6, 6.07) is 8.18. The van der Waals surface area contributed by atoms with E-state index in [1.165, 1.54) is 10.9 Å². The molecule has 0 saturated carbocycles. The quantitative estimate of drug-likeness (QED) is 0.549. The second-order valence-electron chi connectivity index (χ2n) is 2.59. The van der Waals surface area contributed by atoms with Crippen molar-refractivity contribution >= 4 is 10.9 Å². The minimum Gasteiger partial charge on any atom is -0.106 e. The number of aryl methyl sites for hydroxylation is 1. The molecule has 0 fully saturated rings. The molecule has 11 heavy (non-hydrogen) atoms. The van der Waals surface area contributed by atoms with Crippen molar-refractivity contribution in [1.29, 1.82) is 0 Å². The van der Waals surface area contributed by atoms with Crippen LogP contribution in [0.25, 0.3) is 10.9 Å². The number of H-pyrrole nitrogens is 1. The molecular weight excluding hydrogens is 136 g/mol. The van der Waals surface area contributed by atoms with E-state index in [2.05, 4.69) is 29.3 Å². The Kier molecular flexibility index (Phi) is 1.32. The van der Waals surface area contributed by atoms with E-state index in [4.69, 9.17) is 0 Å². The number of para-hydroxylation sites is 1. The third-order valence-corrected chi connectivity index (χ3v) is 1.78. The zero-order valence-corrected chi connectivity index (χ0v) is 6.33. The fourth-order valence-electron chi connectivity index (χ4n) is 1.20. The molecule has 2 rings (SSSR count). The molecule has 0 aliphatic heterocycles. The maximum Gasteiger partial charge on any atom is 0.194 e. The Labute approximate surface area is 64.9 Å². The van der Waals surface area contributed by atoms with Crippen LogP contribution in [-0.2, 0) is 0 Å². The highest BCUT2D eigenvalue weighted by Crippen LogP contribution is 2.11. The minimum atomic E-state index is 1.05. The number of fused-ring (bicyclic) bond motifs is 1. The number of hydrogen-bond donors (Lipinski definition) is 0. The van der Waals surface area contributed by atoms with Crippen LogP contribution in [0.2, 0.25) is 0 Å². The van der Waals surface area contributed by atoms with Crippen molar-refractivity contribution in [3.8, 4) is 0 Å². The summed E-state index contributed by atoms with van der Waals surface area (Å²) in [7, 11) is 0. The first-order valence-corrected chi connectivity index (χ1v) is 3.60. The van der Waals surface area contributed by atoms with Crippen LogP contribution in [0, 0.1) is 6.92 Å². The van der Waals surface area contributed by atoms with E-state index in [0.29, 0.717) is 0 Å². The Morgan fingerprint density at radius 3 is 3.00 bits per heavy atom. The van der Waals surface area contributed by atoms with Gasteiger partial charge in [-0.2, -0.15) is 0 Å². The zero-order valence-electron chi connectivity index (χ0n) is 6.33. The van der Waals surface area contributed by atoms with E-state index in [9.17, 15) is 0 Å². The van der Waals surface area contributed by atoms with Crippen molar-refractivity contribution in [2.45, 2.75) is 6.92 Å². The number of hydrogen-bond acceptors (Lipinski definition) is 1. The summed E-state index contributed by atoms with van der Waals surface area (Å²) in [6.07, 6.45) is 1.84. The Morgan fingerprint density at radius 2 is 2.18 bits per heavy atom. The highest BCUT2D eigenvalue weighted by Gasteiger charge is 1.98. The van der Waals surface area contributed by atoms with Crippen LogP contribution in [0.5, 0.6) is 0 Å². The van der Waals surface area contributed by atoms with Gasteiger partial charge in [0.25, 0.3) is 0 Å². The van der Waals surface area contributed by atoms with Crippen LogP contribution >= 0.6 is 0 Å². The topological polar surface area (TPSA) is 27.0 Å². The summed E-state index contributed by atoms with van der Waals surface area (Å²) < 4.78 is 0. The van der Waals surface area contributed by atoms with Gasteiger partial charge in [-0.05, 0) is 17.6 Å².